The Morgan fingerprint density at radius 2 is 1.75 bits per heavy atom. The van der Waals surface area contributed by atoms with Crippen LogP contribution < -0.4 is 15.8 Å². The van der Waals surface area contributed by atoms with Crippen LogP contribution in [-0.4, -0.2) is 31.7 Å². The fourth-order valence-corrected chi connectivity index (χ4v) is 4.07. The van der Waals surface area contributed by atoms with Crippen molar-refractivity contribution in [2.24, 2.45) is 5.14 Å². The number of piperidine rings is 1. The molecule has 2 atom stereocenters. The average molecular weight is 297 g/mol. The molecule has 5 N–H and O–H groups in total. The monoisotopic (exact) mass is 297 g/mol. The van der Waals surface area contributed by atoms with Gasteiger partial charge in [-0.05, 0) is 43.9 Å². The largest absolute Gasteiger partial charge is 0.399 e. The number of nitrogens with zero attached hydrogens (tertiary/aromatic N) is 1. The second-order valence-corrected chi connectivity index (χ2v) is 7.28. The summed E-state index contributed by atoms with van der Waals surface area (Å²) in [5, 5.41) is 15.0. The molecule has 0 aromatic heterocycles. The molecule has 2 unspecified atom stereocenters. The molecule has 2 fully saturated rings. The van der Waals surface area contributed by atoms with Crippen molar-refractivity contribution < 1.29 is 13.5 Å². The van der Waals surface area contributed by atoms with Crippen LogP contribution in [0.3, 0.4) is 0 Å². The average Bonchev–Trinajstić information content (AvgIpc) is 2.60. The number of sulfonamides is 1. The van der Waals surface area contributed by atoms with E-state index >= 15 is 0 Å². The molecular weight excluding hydrogens is 278 g/mol. The number of hydrogen-bond acceptors (Lipinski definition) is 5. The van der Waals surface area contributed by atoms with Crippen LogP contribution in [0.15, 0.2) is 23.1 Å². The highest BCUT2D eigenvalue weighted by molar-refractivity contribution is 7.89. The lowest BCUT2D eigenvalue weighted by Crippen LogP contribution is -2.44. The van der Waals surface area contributed by atoms with Crippen LogP contribution in [0.4, 0.5) is 11.4 Å². The number of benzene rings is 1. The summed E-state index contributed by atoms with van der Waals surface area (Å²) < 4.78 is 23.0. The lowest BCUT2D eigenvalue weighted by atomic mass is 9.99. The number of aliphatic hydroxyl groups is 1. The van der Waals surface area contributed by atoms with E-state index < -0.39 is 10.0 Å². The summed E-state index contributed by atoms with van der Waals surface area (Å²) in [6.07, 6.45) is 3.21. The minimum atomic E-state index is -3.77. The van der Waals surface area contributed by atoms with Gasteiger partial charge in [-0.2, -0.15) is 0 Å². The molecular formula is C13H19N3O3S. The summed E-state index contributed by atoms with van der Waals surface area (Å²) in [6.45, 7) is 0. The van der Waals surface area contributed by atoms with Crippen LogP contribution in [0.2, 0.25) is 0 Å². The van der Waals surface area contributed by atoms with Crippen LogP contribution in [0, 0.1) is 0 Å². The summed E-state index contributed by atoms with van der Waals surface area (Å²) >= 11 is 0. The molecule has 7 heteroatoms. The van der Waals surface area contributed by atoms with E-state index in [1.165, 1.54) is 6.07 Å². The van der Waals surface area contributed by atoms with Crippen molar-refractivity contribution in [1.82, 2.24) is 0 Å². The summed E-state index contributed by atoms with van der Waals surface area (Å²) in [4.78, 5) is 2.23. The van der Waals surface area contributed by atoms with E-state index in [4.69, 9.17) is 10.9 Å². The third-order valence-electron chi connectivity index (χ3n) is 4.25. The SMILES string of the molecule is Nc1cc(N2C3CCC2CC(O)C3)cc(S(N)(=O)=O)c1. The van der Waals surface area contributed by atoms with Crippen molar-refractivity contribution in [3.63, 3.8) is 0 Å². The molecule has 6 nitrogen and oxygen atoms in total. The Morgan fingerprint density at radius 3 is 2.30 bits per heavy atom. The zero-order chi connectivity index (χ0) is 14.5. The molecule has 2 saturated heterocycles. The second-order valence-electron chi connectivity index (χ2n) is 5.72. The van der Waals surface area contributed by atoms with Crippen molar-refractivity contribution in [3.05, 3.63) is 18.2 Å². The van der Waals surface area contributed by atoms with Gasteiger partial charge >= 0.3 is 0 Å². The third kappa shape index (κ3) is 2.36. The van der Waals surface area contributed by atoms with Crippen molar-refractivity contribution in [2.75, 3.05) is 10.6 Å². The highest BCUT2D eigenvalue weighted by Crippen LogP contribution is 2.40. The normalized spacial score (nSPS) is 29.7. The Bertz CT molecular complexity index is 618. The number of nitrogens with two attached hydrogens (primary N) is 2. The Hall–Kier alpha value is -1.31. The number of primary sulfonamides is 1. The van der Waals surface area contributed by atoms with Crippen molar-refractivity contribution in [1.29, 1.82) is 0 Å². The van der Waals surface area contributed by atoms with Gasteiger partial charge in [0, 0.05) is 23.5 Å². The molecule has 2 bridgehead atoms. The number of hydrogen-bond donors (Lipinski definition) is 3. The first-order valence-electron chi connectivity index (χ1n) is 6.74. The molecule has 0 amide bonds. The summed E-state index contributed by atoms with van der Waals surface area (Å²) in [6, 6.07) is 5.23. The van der Waals surface area contributed by atoms with E-state index in [1.807, 2.05) is 0 Å². The maximum atomic E-state index is 11.5. The summed E-state index contributed by atoms with van der Waals surface area (Å²) in [5.41, 5.74) is 6.98. The zero-order valence-electron chi connectivity index (χ0n) is 11.1. The summed E-state index contributed by atoms with van der Waals surface area (Å²) in [7, 11) is -3.77. The van der Waals surface area contributed by atoms with Gasteiger partial charge in [0.15, 0.2) is 0 Å². The Balaban J connectivity index is 2.01. The lowest BCUT2D eigenvalue weighted by Gasteiger charge is -2.39. The van der Waals surface area contributed by atoms with Gasteiger partial charge in [-0.25, -0.2) is 13.6 Å². The maximum Gasteiger partial charge on any atom is 0.238 e. The Morgan fingerprint density at radius 1 is 1.15 bits per heavy atom. The Labute approximate surface area is 118 Å². The van der Waals surface area contributed by atoms with Crippen molar-refractivity contribution >= 4 is 21.4 Å². The van der Waals surface area contributed by atoms with Gasteiger partial charge in [0.2, 0.25) is 10.0 Å². The fraction of sp³-hybridized carbons (Fsp3) is 0.538. The molecule has 0 aliphatic carbocycles. The molecule has 110 valence electrons. The molecule has 3 rings (SSSR count). The van der Waals surface area contributed by atoms with E-state index in [0.717, 1.165) is 31.4 Å². The second kappa shape index (κ2) is 4.61. The van der Waals surface area contributed by atoms with Crippen LogP contribution in [-0.2, 0) is 10.0 Å². The van der Waals surface area contributed by atoms with E-state index in [0.29, 0.717) is 5.69 Å². The Kier molecular flexibility index (Phi) is 3.15. The molecule has 20 heavy (non-hydrogen) atoms. The molecule has 1 aromatic rings. The van der Waals surface area contributed by atoms with Crippen molar-refractivity contribution in [2.45, 2.75) is 48.8 Å². The van der Waals surface area contributed by atoms with Crippen LogP contribution in [0.1, 0.15) is 25.7 Å². The van der Waals surface area contributed by atoms with E-state index in [1.54, 1.807) is 12.1 Å². The molecule has 1 aromatic carbocycles. The highest BCUT2D eigenvalue weighted by atomic mass is 32.2. The van der Waals surface area contributed by atoms with Gasteiger partial charge < -0.3 is 15.7 Å². The fourth-order valence-electron chi connectivity index (χ4n) is 3.49. The van der Waals surface area contributed by atoms with Gasteiger partial charge in [-0.3, -0.25) is 0 Å². The minimum Gasteiger partial charge on any atom is -0.399 e. The first kappa shape index (κ1) is 13.7. The first-order chi connectivity index (χ1) is 9.34. The van der Waals surface area contributed by atoms with Crippen LogP contribution >= 0.6 is 0 Å². The van der Waals surface area contributed by atoms with Gasteiger partial charge in [0.1, 0.15) is 0 Å². The van der Waals surface area contributed by atoms with E-state index in [9.17, 15) is 13.5 Å². The third-order valence-corrected chi connectivity index (χ3v) is 5.14. The van der Waals surface area contributed by atoms with Gasteiger partial charge in [-0.15, -0.1) is 0 Å². The topological polar surface area (TPSA) is 110 Å². The summed E-state index contributed by atoms with van der Waals surface area (Å²) in [5.74, 6) is 0. The molecule has 2 aliphatic heterocycles. The van der Waals surface area contributed by atoms with Crippen molar-refractivity contribution in [3.8, 4) is 0 Å². The standard InChI is InChI=1S/C13H19N3O3S/c14-8-3-11(7-13(4-8)20(15,18)19)16-9-1-2-10(16)6-12(17)5-9/h3-4,7,9-10,12,17H,1-2,5-6,14H2,(H2,15,18,19). The maximum absolute atomic E-state index is 11.5. The van der Waals surface area contributed by atoms with Gasteiger partial charge in [-0.1, -0.05) is 0 Å². The quantitative estimate of drug-likeness (QED) is 0.685. The lowest BCUT2D eigenvalue weighted by molar-refractivity contribution is 0.126. The molecule has 2 aliphatic rings. The number of rotatable bonds is 2. The van der Waals surface area contributed by atoms with E-state index in [-0.39, 0.29) is 23.1 Å². The highest BCUT2D eigenvalue weighted by Gasteiger charge is 2.40. The van der Waals surface area contributed by atoms with Crippen LogP contribution in [0.25, 0.3) is 0 Å². The number of fused-ring (bicyclic) bond motifs is 2. The number of aliphatic hydroxyl groups excluding tert-OH is 1. The van der Waals surface area contributed by atoms with Gasteiger partial charge in [0.05, 0.1) is 11.0 Å². The molecule has 2 heterocycles. The number of anilines is 2. The molecule has 0 radical (unpaired) electrons. The number of nitrogen functional groups attached to an aromatic ring is 1. The molecule has 0 saturated carbocycles. The van der Waals surface area contributed by atoms with Gasteiger partial charge in [0.25, 0.3) is 0 Å². The smallest absolute Gasteiger partial charge is 0.238 e. The minimum absolute atomic E-state index is 0.0398. The first-order valence-corrected chi connectivity index (χ1v) is 8.29. The van der Waals surface area contributed by atoms with Crippen LogP contribution in [0.5, 0.6) is 0 Å². The predicted molar refractivity (Wildman–Crippen MR) is 76.8 cm³/mol. The zero-order valence-corrected chi connectivity index (χ0v) is 11.9. The molecule has 0 spiro atoms. The van der Waals surface area contributed by atoms with E-state index in [2.05, 4.69) is 4.90 Å². The predicted octanol–water partition coefficient (Wildman–Crippen LogP) is 0.408.